The molecule has 1 aromatic carbocycles. The van der Waals surface area contributed by atoms with Gasteiger partial charge in [-0.3, -0.25) is 9.78 Å². The third kappa shape index (κ3) is 4.51. The Morgan fingerprint density at radius 3 is 2.66 bits per heavy atom. The normalized spacial score (nSPS) is 11.9. The second-order valence-corrected chi connectivity index (χ2v) is 7.55. The maximum Gasteiger partial charge on any atom is 0.251 e. The van der Waals surface area contributed by atoms with Crippen LogP contribution in [0.15, 0.2) is 72.0 Å². The lowest BCUT2D eigenvalue weighted by atomic mass is 10.1. The Bertz CT molecular complexity index is 1310. The molecule has 162 valence electrons. The van der Waals surface area contributed by atoms with E-state index in [2.05, 4.69) is 20.3 Å². The number of anilines is 2. The first kappa shape index (κ1) is 21.6. The van der Waals surface area contributed by atoms with Gasteiger partial charge in [-0.1, -0.05) is 23.7 Å². The number of hydrogen-bond donors (Lipinski definition) is 2. The maximum absolute atomic E-state index is 14.5. The van der Waals surface area contributed by atoms with Crippen LogP contribution in [-0.4, -0.2) is 31.2 Å². The quantitative estimate of drug-likeness (QED) is 0.458. The van der Waals surface area contributed by atoms with Crippen LogP contribution in [0.1, 0.15) is 17.2 Å². The molecule has 0 saturated heterocycles. The van der Waals surface area contributed by atoms with Gasteiger partial charge in [0.05, 0.1) is 18.8 Å². The summed E-state index contributed by atoms with van der Waals surface area (Å²) in [6, 6.07) is 10.9. The Labute approximate surface area is 188 Å². The molecular weight excluding hydrogens is 433 g/mol. The van der Waals surface area contributed by atoms with E-state index in [1.165, 1.54) is 16.8 Å². The molecule has 0 bridgehead atoms. The number of aliphatic hydroxyl groups excluding tert-OH is 1. The molecule has 0 spiro atoms. The van der Waals surface area contributed by atoms with Crippen molar-refractivity contribution in [1.29, 1.82) is 0 Å². The van der Waals surface area contributed by atoms with Crippen molar-refractivity contribution in [3.63, 3.8) is 0 Å². The number of hydrogen-bond acceptors (Lipinski definition) is 6. The molecule has 2 N–H and O–H groups in total. The minimum Gasteiger partial charge on any atom is -0.394 e. The largest absolute Gasteiger partial charge is 0.394 e. The number of aromatic nitrogens is 4. The highest BCUT2D eigenvalue weighted by Gasteiger charge is 2.16. The molecule has 1 atom stereocenters. The Morgan fingerprint density at radius 1 is 1.19 bits per heavy atom. The number of nitrogens with zero attached hydrogens (tertiary/aromatic N) is 4. The van der Waals surface area contributed by atoms with Crippen LogP contribution in [0, 0.1) is 12.7 Å². The second kappa shape index (κ2) is 9.25. The first-order chi connectivity index (χ1) is 15.5. The maximum atomic E-state index is 14.5. The molecule has 0 aliphatic carbocycles. The summed E-state index contributed by atoms with van der Waals surface area (Å²) in [6.45, 7) is 1.58. The molecule has 0 amide bonds. The first-order valence-corrected chi connectivity index (χ1v) is 10.1. The summed E-state index contributed by atoms with van der Waals surface area (Å²) in [5, 5.41) is 13.5. The molecule has 7 nitrogen and oxygen atoms in total. The summed E-state index contributed by atoms with van der Waals surface area (Å²) in [5.74, 6) is -0.468. The lowest BCUT2D eigenvalue weighted by molar-refractivity contribution is 0.247. The SMILES string of the molecule is Cc1cnccc1Nc1ncc(F)c(-c2ccn(C(CO)c3ccc(Cl)cc3)c(=O)c2)n1. The predicted octanol–water partition coefficient (Wildman–Crippen LogP) is 4.13. The fourth-order valence-corrected chi connectivity index (χ4v) is 3.42. The average molecular weight is 452 g/mol. The number of benzene rings is 1. The zero-order chi connectivity index (χ0) is 22.7. The van der Waals surface area contributed by atoms with Gasteiger partial charge in [-0.05, 0) is 42.3 Å². The highest BCUT2D eigenvalue weighted by Crippen LogP contribution is 2.24. The van der Waals surface area contributed by atoms with E-state index in [1.54, 1.807) is 48.8 Å². The van der Waals surface area contributed by atoms with E-state index >= 15 is 0 Å². The molecule has 0 aliphatic heterocycles. The summed E-state index contributed by atoms with van der Waals surface area (Å²) < 4.78 is 15.9. The first-order valence-electron chi connectivity index (χ1n) is 9.75. The van der Waals surface area contributed by atoms with Crippen LogP contribution in [0.4, 0.5) is 16.0 Å². The number of aliphatic hydroxyl groups is 1. The van der Waals surface area contributed by atoms with Crippen molar-refractivity contribution >= 4 is 23.2 Å². The van der Waals surface area contributed by atoms with Gasteiger partial charge in [-0.25, -0.2) is 14.4 Å². The molecular formula is C23H19ClFN5O2. The van der Waals surface area contributed by atoms with Gasteiger partial charge in [0.2, 0.25) is 5.95 Å². The second-order valence-electron chi connectivity index (χ2n) is 7.12. The predicted molar refractivity (Wildman–Crippen MR) is 121 cm³/mol. The van der Waals surface area contributed by atoms with Crippen LogP contribution in [0.2, 0.25) is 5.02 Å². The van der Waals surface area contributed by atoms with E-state index in [4.69, 9.17) is 11.6 Å². The molecule has 4 aromatic rings. The van der Waals surface area contributed by atoms with Crippen LogP contribution in [0.5, 0.6) is 0 Å². The van der Waals surface area contributed by atoms with Crippen molar-refractivity contribution in [2.24, 2.45) is 0 Å². The Morgan fingerprint density at radius 2 is 1.97 bits per heavy atom. The zero-order valence-corrected chi connectivity index (χ0v) is 17.8. The fraction of sp³-hybridized carbons (Fsp3) is 0.130. The minimum atomic E-state index is -0.657. The number of aryl methyl sites for hydroxylation is 1. The molecule has 3 heterocycles. The van der Waals surface area contributed by atoms with Crippen LogP contribution in [0.3, 0.4) is 0 Å². The highest BCUT2D eigenvalue weighted by atomic mass is 35.5. The molecule has 1 unspecified atom stereocenters. The molecule has 4 rings (SSSR count). The van der Waals surface area contributed by atoms with Gasteiger partial charge in [-0.15, -0.1) is 0 Å². The van der Waals surface area contributed by atoms with Crippen molar-refractivity contribution in [2.45, 2.75) is 13.0 Å². The van der Waals surface area contributed by atoms with E-state index in [1.807, 2.05) is 6.92 Å². The van der Waals surface area contributed by atoms with E-state index in [9.17, 15) is 14.3 Å². The summed E-state index contributed by atoms with van der Waals surface area (Å²) in [5.41, 5.74) is 2.22. The van der Waals surface area contributed by atoms with Crippen molar-refractivity contribution < 1.29 is 9.50 Å². The minimum absolute atomic E-state index is 0.00880. The van der Waals surface area contributed by atoms with Crippen molar-refractivity contribution in [3.8, 4) is 11.3 Å². The van der Waals surface area contributed by atoms with E-state index in [0.717, 1.165) is 23.0 Å². The van der Waals surface area contributed by atoms with Gasteiger partial charge >= 0.3 is 0 Å². The summed E-state index contributed by atoms with van der Waals surface area (Å²) in [6.07, 6.45) is 5.87. The lowest BCUT2D eigenvalue weighted by Crippen LogP contribution is -2.26. The highest BCUT2D eigenvalue weighted by molar-refractivity contribution is 6.30. The van der Waals surface area contributed by atoms with Crippen LogP contribution >= 0.6 is 11.6 Å². The number of rotatable bonds is 6. The van der Waals surface area contributed by atoms with Crippen molar-refractivity contribution in [1.82, 2.24) is 19.5 Å². The Kier molecular flexibility index (Phi) is 6.25. The smallest absolute Gasteiger partial charge is 0.251 e. The zero-order valence-electron chi connectivity index (χ0n) is 17.0. The average Bonchev–Trinajstić information content (AvgIpc) is 2.79. The van der Waals surface area contributed by atoms with Gasteiger partial charge in [-0.2, -0.15) is 0 Å². The summed E-state index contributed by atoms with van der Waals surface area (Å²) >= 11 is 5.93. The van der Waals surface area contributed by atoms with Crippen LogP contribution in [0.25, 0.3) is 11.3 Å². The third-order valence-corrected chi connectivity index (χ3v) is 5.25. The topological polar surface area (TPSA) is 92.9 Å². The molecule has 0 fully saturated rings. The van der Waals surface area contributed by atoms with Gasteiger partial charge in [0.25, 0.3) is 5.56 Å². The molecule has 32 heavy (non-hydrogen) atoms. The van der Waals surface area contributed by atoms with Gasteiger partial charge in [0.15, 0.2) is 5.82 Å². The molecule has 3 aromatic heterocycles. The fourth-order valence-electron chi connectivity index (χ4n) is 3.30. The summed E-state index contributed by atoms with van der Waals surface area (Å²) in [4.78, 5) is 25.1. The van der Waals surface area contributed by atoms with Gasteiger partial charge in [0, 0.05) is 40.9 Å². The summed E-state index contributed by atoms with van der Waals surface area (Å²) in [7, 11) is 0. The molecule has 0 aliphatic rings. The molecule has 0 radical (unpaired) electrons. The van der Waals surface area contributed by atoms with Crippen molar-refractivity contribution in [3.05, 3.63) is 99.6 Å². The molecule has 9 heteroatoms. The number of pyridine rings is 2. The third-order valence-electron chi connectivity index (χ3n) is 5.00. The number of nitrogens with one attached hydrogen (secondary N) is 1. The van der Waals surface area contributed by atoms with Crippen LogP contribution in [-0.2, 0) is 0 Å². The molecule has 0 saturated carbocycles. The van der Waals surface area contributed by atoms with E-state index < -0.39 is 17.4 Å². The number of halogens is 2. The Balaban J connectivity index is 1.67. The van der Waals surface area contributed by atoms with E-state index in [-0.39, 0.29) is 18.2 Å². The van der Waals surface area contributed by atoms with Gasteiger partial charge < -0.3 is 15.0 Å². The lowest BCUT2D eigenvalue weighted by Gasteiger charge is -2.18. The van der Waals surface area contributed by atoms with Gasteiger partial charge in [0.1, 0.15) is 5.69 Å². The standard InChI is InChI=1S/C23H19ClFN5O2/c1-14-11-26-8-6-19(14)28-23-27-12-18(25)22(29-23)16-7-9-30(21(32)10-16)20(13-31)15-2-4-17(24)5-3-15/h2-12,20,31H,13H2,1H3,(H,26,27,28,29). The Hall–Kier alpha value is -3.62. The monoisotopic (exact) mass is 451 g/mol. The van der Waals surface area contributed by atoms with E-state index in [0.29, 0.717) is 10.6 Å². The van der Waals surface area contributed by atoms with Crippen molar-refractivity contribution in [2.75, 3.05) is 11.9 Å². The van der Waals surface area contributed by atoms with Crippen LogP contribution < -0.4 is 10.9 Å².